The minimum atomic E-state index is -0.376. The number of nitrogens with zero attached hydrogens (tertiary/aromatic N) is 1. The molecule has 0 radical (unpaired) electrons. The molecule has 0 spiro atoms. The van der Waals surface area contributed by atoms with Gasteiger partial charge in [-0.15, -0.1) is 0 Å². The van der Waals surface area contributed by atoms with Gasteiger partial charge in [0, 0.05) is 17.3 Å². The highest BCUT2D eigenvalue weighted by Crippen LogP contribution is 2.47. The molecule has 0 amide bonds. The normalized spacial score (nSPS) is 16.9. The highest BCUT2D eigenvalue weighted by molar-refractivity contribution is 5.88. The van der Waals surface area contributed by atoms with E-state index >= 15 is 0 Å². The lowest BCUT2D eigenvalue weighted by molar-refractivity contribution is 0.0600. The first kappa shape index (κ1) is 11.0. The lowest BCUT2D eigenvalue weighted by atomic mass is 10.0. The lowest BCUT2D eigenvalue weighted by Crippen LogP contribution is -2.19. The number of rotatable bonds is 4. The van der Waals surface area contributed by atoms with Crippen LogP contribution in [0.3, 0.4) is 0 Å². The molecule has 1 aromatic rings. The Bertz CT molecular complexity index is 385. The Labute approximate surface area is 93.5 Å². The number of pyridine rings is 1. The van der Waals surface area contributed by atoms with E-state index in [1.807, 2.05) is 6.07 Å². The number of hydrogen-bond acceptors (Lipinski definition) is 5. The van der Waals surface area contributed by atoms with Crippen molar-refractivity contribution in [2.75, 3.05) is 13.7 Å². The first-order chi connectivity index (χ1) is 7.72. The molecule has 16 heavy (non-hydrogen) atoms. The standard InChI is InChI=1S/C11H14N2O3/c1-15-10(14)8-2-3-9(13-6-8)11(4-5-11)7-16-12/h2-3,6H,4-5,7,12H2,1H3. The Morgan fingerprint density at radius 3 is 2.75 bits per heavy atom. The molecule has 1 saturated carbocycles. The third-order valence-corrected chi connectivity index (χ3v) is 2.94. The van der Waals surface area contributed by atoms with Crippen LogP contribution in [-0.4, -0.2) is 24.7 Å². The number of esters is 1. The van der Waals surface area contributed by atoms with E-state index in [4.69, 9.17) is 10.7 Å². The summed E-state index contributed by atoms with van der Waals surface area (Å²) in [4.78, 5) is 20.2. The second-order valence-electron chi connectivity index (χ2n) is 4.02. The highest BCUT2D eigenvalue weighted by Gasteiger charge is 2.45. The van der Waals surface area contributed by atoms with Gasteiger partial charge < -0.3 is 9.57 Å². The summed E-state index contributed by atoms with van der Waals surface area (Å²) in [6.07, 6.45) is 3.57. The van der Waals surface area contributed by atoms with Crippen LogP contribution in [-0.2, 0) is 15.0 Å². The number of methoxy groups -OCH3 is 1. The molecular formula is C11H14N2O3. The van der Waals surface area contributed by atoms with Crippen molar-refractivity contribution in [2.45, 2.75) is 18.3 Å². The van der Waals surface area contributed by atoms with Gasteiger partial charge >= 0.3 is 5.97 Å². The zero-order chi connectivity index (χ0) is 11.6. The summed E-state index contributed by atoms with van der Waals surface area (Å²) in [5, 5.41) is 0. The summed E-state index contributed by atoms with van der Waals surface area (Å²) in [7, 11) is 1.35. The molecule has 1 heterocycles. The second kappa shape index (κ2) is 4.19. The minimum Gasteiger partial charge on any atom is -0.465 e. The van der Waals surface area contributed by atoms with E-state index in [9.17, 15) is 4.79 Å². The van der Waals surface area contributed by atoms with Crippen molar-refractivity contribution in [2.24, 2.45) is 5.90 Å². The van der Waals surface area contributed by atoms with Crippen LogP contribution < -0.4 is 5.90 Å². The predicted molar refractivity (Wildman–Crippen MR) is 56.6 cm³/mol. The molecule has 0 saturated heterocycles. The molecular weight excluding hydrogens is 208 g/mol. The van der Waals surface area contributed by atoms with E-state index in [0.717, 1.165) is 18.5 Å². The molecule has 5 nitrogen and oxygen atoms in total. The lowest BCUT2D eigenvalue weighted by Gasteiger charge is -2.12. The third kappa shape index (κ3) is 1.91. The maximum Gasteiger partial charge on any atom is 0.339 e. The molecule has 0 atom stereocenters. The maximum atomic E-state index is 11.2. The van der Waals surface area contributed by atoms with Crippen molar-refractivity contribution in [1.29, 1.82) is 0 Å². The van der Waals surface area contributed by atoms with Gasteiger partial charge in [-0.05, 0) is 25.0 Å². The molecule has 1 aliphatic rings. The molecule has 1 aliphatic carbocycles. The first-order valence-electron chi connectivity index (χ1n) is 5.08. The number of aromatic nitrogens is 1. The van der Waals surface area contributed by atoms with Gasteiger partial charge in [-0.3, -0.25) is 4.98 Å². The SMILES string of the molecule is COC(=O)c1ccc(C2(CON)CC2)nc1. The van der Waals surface area contributed by atoms with Gasteiger partial charge in [0.05, 0.1) is 19.3 Å². The quantitative estimate of drug-likeness (QED) is 0.602. The fourth-order valence-electron chi connectivity index (χ4n) is 1.73. The molecule has 0 unspecified atom stereocenters. The van der Waals surface area contributed by atoms with E-state index < -0.39 is 0 Å². The first-order valence-corrected chi connectivity index (χ1v) is 5.08. The van der Waals surface area contributed by atoms with Crippen LogP contribution >= 0.6 is 0 Å². The molecule has 1 fully saturated rings. The maximum absolute atomic E-state index is 11.2. The van der Waals surface area contributed by atoms with Crippen LogP contribution in [0.1, 0.15) is 28.9 Å². The molecule has 2 N–H and O–H groups in total. The molecule has 1 aromatic heterocycles. The third-order valence-electron chi connectivity index (χ3n) is 2.94. The van der Waals surface area contributed by atoms with Crippen molar-refractivity contribution in [3.8, 4) is 0 Å². The van der Waals surface area contributed by atoms with Crippen molar-refractivity contribution in [1.82, 2.24) is 4.98 Å². The number of nitrogens with two attached hydrogens (primary N) is 1. The number of ether oxygens (including phenoxy) is 1. The molecule has 86 valence electrons. The average Bonchev–Trinajstić information content (AvgIpc) is 3.10. The van der Waals surface area contributed by atoms with E-state index in [0.29, 0.717) is 12.2 Å². The Kier molecular flexibility index (Phi) is 2.89. The number of hydrogen-bond donors (Lipinski definition) is 1. The predicted octanol–water partition coefficient (Wildman–Crippen LogP) is 0.790. The van der Waals surface area contributed by atoms with Crippen LogP contribution in [0.15, 0.2) is 18.3 Å². The fraction of sp³-hybridized carbons (Fsp3) is 0.455. The van der Waals surface area contributed by atoms with Crippen molar-refractivity contribution < 1.29 is 14.4 Å². The van der Waals surface area contributed by atoms with Gasteiger partial charge in [-0.25, -0.2) is 10.7 Å². The van der Waals surface area contributed by atoms with Crippen LogP contribution in [0.2, 0.25) is 0 Å². The second-order valence-corrected chi connectivity index (χ2v) is 4.02. The van der Waals surface area contributed by atoms with Crippen LogP contribution in [0.25, 0.3) is 0 Å². The number of carbonyl (C=O) groups is 1. The Balaban J connectivity index is 2.16. The summed E-state index contributed by atoms with van der Waals surface area (Å²) in [6, 6.07) is 3.54. The van der Waals surface area contributed by atoms with Gasteiger partial charge in [0.1, 0.15) is 0 Å². The van der Waals surface area contributed by atoms with Gasteiger partial charge in [-0.2, -0.15) is 0 Å². The monoisotopic (exact) mass is 222 g/mol. The molecule has 0 bridgehead atoms. The van der Waals surface area contributed by atoms with E-state index in [-0.39, 0.29) is 11.4 Å². The zero-order valence-electron chi connectivity index (χ0n) is 9.10. The minimum absolute atomic E-state index is 0.0383. The fourth-order valence-corrected chi connectivity index (χ4v) is 1.73. The van der Waals surface area contributed by atoms with Crippen molar-refractivity contribution in [3.05, 3.63) is 29.6 Å². The zero-order valence-corrected chi connectivity index (χ0v) is 9.10. The molecule has 0 aliphatic heterocycles. The van der Waals surface area contributed by atoms with E-state index in [1.165, 1.54) is 13.3 Å². The van der Waals surface area contributed by atoms with Crippen molar-refractivity contribution in [3.63, 3.8) is 0 Å². The molecule has 2 rings (SSSR count). The Hall–Kier alpha value is -1.46. The summed E-state index contributed by atoms with van der Waals surface area (Å²) >= 11 is 0. The van der Waals surface area contributed by atoms with Crippen LogP contribution in [0.4, 0.5) is 0 Å². The van der Waals surface area contributed by atoms with Gasteiger partial charge in [0.2, 0.25) is 0 Å². The van der Waals surface area contributed by atoms with Crippen LogP contribution in [0.5, 0.6) is 0 Å². The summed E-state index contributed by atoms with van der Waals surface area (Å²) < 4.78 is 4.60. The largest absolute Gasteiger partial charge is 0.465 e. The van der Waals surface area contributed by atoms with E-state index in [1.54, 1.807) is 6.07 Å². The molecule has 5 heteroatoms. The average molecular weight is 222 g/mol. The topological polar surface area (TPSA) is 74.4 Å². The summed E-state index contributed by atoms with van der Waals surface area (Å²) in [6.45, 7) is 0.470. The number of carbonyl (C=O) groups excluding carboxylic acids is 1. The smallest absolute Gasteiger partial charge is 0.339 e. The van der Waals surface area contributed by atoms with E-state index in [2.05, 4.69) is 9.72 Å². The molecule has 0 aromatic carbocycles. The van der Waals surface area contributed by atoms with Crippen LogP contribution in [0, 0.1) is 0 Å². The van der Waals surface area contributed by atoms with Gasteiger partial charge in [0.25, 0.3) is 0 Å². The summed E-state index contributed by atoms with van der Waals surface area (Å²) in [5.41, 5.74) is 1.34. The van der Waals surface area contributed by atoms with Gasteiger partial charge in [0.15, 0.2) is 0 Å². The Morgan fingerprint density at radius 2 is 2.31 bits per heavy atom. The van der Waals surface area contributed by atoms with Gasteiger partial charge in [-0.1, -0.05) is 0 Å². The Morgan fingerprint density at radius 1 is 1.56 bits per heavy atom. The summed E-state index contributed by atoms with van der Waals surface area (Å²) in [5.74, 6) is 4.71. The highest BCUT2D eigenvalue weighted by atomic mass is 16.6. The van der Waals surface area contributed by atoms with Crippen molar-refractivity contribution >= 4 is 5.97 Å².